The molecule has 0 fully saturated rings. The van der Waals surface area contributed by atoms with Crippen LogP contribution in [0.25, 0.3) is 0 Å². The molecule has 1 heterocycles. The summed E-state index contributed by atoms with van der Waals surface area (Å²) in [5, 5.41) is 3.18. The van der Waals surface area contributed by atoms with Crippen molar-refractivity contribution >= 4 is 33.0 Å². The predicted molar refractivity (Wildman–Crippen MR) is 75.2 cm³/mol. The molecule has 0 aliphatic carbocycles. The van der Waals surface area contributed by atoms with Crippen molar-refractivity contribution in [3.05, 3.63) is 50.4 Å². The Labute approximate surface area is 113 Å². The van der Waals surface area contributed by atoms with E-state index in [1.54, 1.807) is 17.4 Å². The fraction of sp³-hybridized carbons (Fsp3) is 0.231. The zero-order valence-electron chi connectivity index (χ0n) is 9.63. The Morgan fingerprint density at radius 1 is 1.29 bits per heavy atom. The Morgan fingerprint density at radius 2 is 2.06 bits per heavy atom. The van der Waals surface area contributed by atoms with Crippen molar-refractivity contribution < 1.29 is 4.39 Å². The summed E-state index contributed by atoms with van der Waals surface area (Å²) in [6, 6.07) is 9.32. The third kappa shape index (κ3) is 3.07. The SMILES string of the molecule is Cc1ccc(C(C)Nc2ccc(Br)cc2F)s1. The molecule has 1 unspecified atom stereocenters. The number of rotatable bonds is 3. The first-order chi connectivity index (χ1) is 8.06. The third-order valence-electron chi connectivity index (χ3n) is 2.49. The Bertz CT molecular complexity index is 524. The summed E-state index contributed by atoms with van der Waals surface area (Å²) in [4.78, 5) is 2.48. The summed E-state index contributed by atoms with van der Waals surface area (Å²) < 4.78 is 14.4. The van der Waals surface area contributed by atoms with Crippen molar-refractivity contribution in [2.24, 2.45) is 0 Å². The topological polar surface area (TPSA) is 12.0 Å². The molecule has 2 aromatic rings. The van der Waals surface area contributed by atoms with Gasteiger partial charge in [0, 0.05) is 14.2 Å². The van der Waals surface area contributed by atoms with Gasteiger partial charge in [-0.25, -0.2) is 4.39 Å². The van der Waals surface area contributed by atoms with Gasteiger partial charge in [0.1, 0.15) is 5.82 Å². The summed E-state index contributed by atoms with van der Waals surface area (Å²) in [7, 11) is 0. The van der Waals surface area contributed by atoms with Crippen LogP contribution in [0, 0.1) is 12.7 Å². The molecular formula is C13H13BrFNS. The average molecular weight is 314 g/mol. The van der Waals surface area contributed by atoms with Gasteiger partial charge in [0.05, 0.1) is 11.7 Å². The number of benzene rings is 1. The van der Waals surface area contributed by atoms with Gasteiger partial charge in [0.2, 0.25) is 0 Å². The first kappa shape index (κ1) is 12.6. The minimum absolute atomic E-state index is 0.115. The van der Waals surface area contributed by atoms with Gasteiger partial charge < -0.3 is 5.32 Å². The van der Waals surface area contributed by atoms with Crippen molar-refractivity contribution in [2.75, 3.05) is 5.32 Å². The number of anilines is 1. The van der Waals surface area contributed by atoms with E-state index in [9.17, 15) is 4.39 Å². The number of nitrogens with one attached hydrogen (secondary N) is 1. The molecule has 17 heavy (non-hydrogen) atoms. The second kappa shape index (κ2) is 5.19. The van der Waals surface area contributed by atoms with Crippen LogP contribution in [-0.2, 0) is 0 Å². The van der Waals surface area contributed by atoms with Crippen molar-refractivity contribution in [1.29, 1.82) is 0 Å². The molecule has 0 saturated heterocycles. The van der Waals surface area contributed by atoms with E-state index < -0.39 is 0 Å². The van der Waals surface area contributed by atoms with Crippen LogP contribution >= 0.6 is 27.3 Å². The molecule has 0 radical (unpaired) electrons. The molecular weight excluding hydrogens is 301 g/mol. The van der Waals surface area contributed by atoms with E-state index in [-0.39, 0.29) is 11.9 Å². The van der Waals surface area contributed by atoms with Gasteiger partial charge in [-0.1, -0.05) is 15.9 Å². The van der Waals surface area contributed by atoms with Gasteiger partial charge in [-0.2, -0.15) is 0 Å². The van der Waals surface area contributed by atoms with Crippen molar-refractivity contribution in [3.8, 4) is 0 Å². The lowest BCUT2D eigenvalue weighted by atomic mass is 10.2. The van der Waals surface area contributed by atoms with Gasteiger partial charge in [0.25, 0.3) is 0 Å². The molecule has 1 atom stereocenters. The molecule has 4 heteroatoms. The molecule has 0 aliphatic heterocycles. The zero-order valence-corrected chi connectivity index (χ0v) is 12.0. The quantitative estimate of drug-likeness (QED) is 0.828. The highest BCUT2D eigenvalue weighted by Crippen LogP contribution is 2.27. The lowest BCUT2D eigenvalue weighted by molar-refractivity contribution is 0.627. The van der Waals surface area contributed by atoms with E-state index in [1.807, 2.05) is 13.0 Å². The van der Waals surface area contributed by atoms with E-state index in [4.69, 9.17) is 0 Å². The summed E-state index contributed by atoms with van der Waals surface area (Å²) in [5.74, 6) is -0.237. The third-order valence-corrected chi connectivity index (χ3v) is 4.17. The van der Waals surface area contributed by atoms with Crippen LogP contribution in [0.3, 0.4) is 0 Å². The van der Waals surface area contributed by atoms with E-state index >= 15 is 0 Å². The van der Waals surface area contributed by atoms with Crippen LogP contribution in [0.4, 0.5) is 10.1 Å². The molecule has 0 bridgehead atoms. The van der Waals surface area contributed by atoms with Crippen molar-refractivity contribution in [3.63, 3.8) is 0 Å². The number of halogens is 2. The van der Waals surface area contributed by atoms with Gasteiger partial charge in [-0.3, -0.25) is 0 Å². The van der Waals surface area contributed by atoms with Gasteiger partial charge in [0.15, 0.2) is 0 Å². The molecule has 1 nitrogen and oxygen atoms in total. The van der Waals surface area contributed by atoms with E-state index in [2.05, 4.69) is 40.3 Å². The van der Waals surface area contributed by atoms with Crippen LogP contribution in [0.15, 0.2) is 34.8 Å². The molecule has 0 aliphatic rings. The summed E-state index contributed by atoms with van der Waals surface area (Å²) in [5.41, 5.74) is 0.534. The van der Waals surface area contributed by atoms with Gasteiger partial charge in [-0.15, -0.1) is 11.3 Å². The maximum atomic E-state index is 13.6. The maximum absolute atomic E-state index is 13.6. The minimum Gasteiger partial charge on any atom is -0.375 e. The first-order valence-corrected chi connectivity index (χ1v) is 6.95. The highest BCUT2D eigenvalue weighted by atomic mass is 79.9. The Hall–Kier alpha value is -0.870. The van der Waals surface area contributed by atoms with Gasteiger partial charge >= 0.3 is 0 Å². The fourth-order valence-corrected chi connectivity index (χ4v) is 2.81. The fourth-order valence-electron chi connectivity index (χ4n) is 1.60. The summed E-state index contributed by atoms with van der Waals surface area (Å²) >= 11 is 4.97. The molecule has 1 aromatic heterocycles. The highest BCUT2D eigenvalue weighted by Gasteiger charge is 2.10. The number of aryl methyl sites for hydroxylation is 1. The van der Waals surface area contributed by atoms with Crippen LogP contribution in [0.2, 0.25) is 0 Å². The van der Waals surface area contributed by atoms with Crippen molar-refractivity contribution in [1.82, 2.24) is 0 Å². The molecule has 0 amide bonds. The smallest absolute Gasteiger partial charge is 0.147 e. The van der Waals surface area contributed by atoms with Crippen LogP contribution < -0.4 is 5.32 Å². The first-order valence-electron chi connectivity index (χ1n) is 5.34. The van der Waals surface area contributed by atoms with E-state index in [0.717, 1.165) is 4.47 Å². The molecule has 2 rings (SSSR count). The maximum Gasteiger partial charge on any atom is 0.147 e. The summed E-state index contributed by atoms with van der Waals surface area (Å²) in [6.07, 6.45) is 0. The largest absolute Gasteiger partial charge is 0.375 e. The summed E-state index contributed by atoms with van der Waals surface area (Å²) in [6.45, 7) is 4.11. The molecule has 0 saturated carbocycles. The van der Waals surface area contributed by atoms with Crippen molar-refractivity contribution in [2.45, 2.75) is 19.9 Å². The lowest BCUT2D eigenvalue weighted by Gasteiger charge is -2.14. The normalized spacial score (nSPS) is 12.5. The Morgan fingerprint density at radius 3 is 2.65 bits per heavy atom. The average Bonchev–Trinajstić information content (AvgIpc) is 2.69. The molecule has 90 valence electrons. The number of hydrogen-bond acceptors (Lipinski definition) is 2. The molecule has 1 aromatic carbocycles. The zero-order chi connectivity index (χ0) is 12.4. The van der Waals surface area contributed by atoms with Crippen LogP contribution in [0.1, 0.15) is 22.7 Å². The second-order valence-corrected chi connectivity index (χ2v) is 6.17. The van der Waals surface area contributed by atoms with E-state index in [0.29, 0.717) is 5.69 Å². The Kier molecular flexibility index (Phi) is 3.84. The lowest BCUT2D eigenvalue weighted by Crippen LogP contribution is -2.06. The predicted octanol–water partition coefficient (Wildman–Crippen LogP) is 5.13. The monoisotopic (exact) mass is 313 g/mol. The van der Waals surface area contributed by atoms with E-state index in [1.165, 1.54) is 15.8 Å². The number of hydrogen-bond donors (Lipinski definition) is 1. The Balaban J connectivity index is 2.15. The molecule has 1 N–H and O–H groups in total. The second-order valence-electron chi connectivity index (χ2n) is 3.94. The van der Waals surface area contributed by atoms with Crippen LogP contribution in [-0.4, -0.2) is 0 Å². The van der Waals surface area contributed by atoms with Crippen LogP contribution in [0.5, 0.6) is 0 Å². The highest BCUT2D eigenvalue weighted by molar-refractivity contribution is 9.10. The molecule has 0 spiro atoms. The number of thiophene rings is 1. The standard InChI is InChI=1S/C13H13BrFNS/c1-8-3-6-13(17-8)9(2)16-12-5-4-10(14)7-11(12)15/h3-7,9,16H,1-2H3. The van der Waals surface area contributed by atoms with Gasteiger partial charge in [-0.05, 0) is 44.2 Å². The minimum atomic E-state index is -0.237.